The molecule has 1 unspecified atom stereocenters. The molecule has 11 heteroatoms. The SMILES string of the molecule is CNC(C)Cc1noc(-c2ccc(Sc3nncn3C)c([N+](=O)[O-])c2)n1. The van der Waals surface area contributed by atoms with Gasteiger partial charge in [-0.3, -0.25) is 10.1 Å². The van der Waals surface area contributed by atoms with Gasteiger partial charge in [-0.15, -0.1) is 10.2 Å². The predicted octanol–water partition coefficient (Wildman–Crippen LogP) is 2.07. The van der Waals surface area contributed by atoms with Crippen LogP contribution < -0.4 is 5.32 Å². The van der Waals surface area contributed by atoms with Crippen molar-refractivity contribution in [2.24, 2.45) is 7.05 Å². The van der Waals surface area contributed by atoms with Crippen LogP contribution in [0.25, 0.3) is 11.5 Å². The Bertz CT molecular complexity index is 924. The molecule has 10 nitrogen and oxygen atoms in total. The maximum atomic E-state index is 11.5. The summed E-state index contributed by atoms with van der Waals surface area (Å²) in [4.78, 5) is 15.8. The fourth-order valence-corrected chi connectivity index (χ4v) is 3.02. The normalized spacial score (nSPS) is 12.3. The molecule has 0 spiro atoms. The highest BCUT2D eigenvalue weighted by molar-refractivity contribution is 7.99. The summed E-state index contributed by atoms with van der Waals surface area (Å²) >= 11 is 1.17. The number of nitrogens with zero attached hydrogens (tertiary/aromatic N) is 6. The van der Waals surface area contributed by atoms with Crippen molar-refractivity contribution in [3.05, 3.63) is 40.5 Å². The summed E-state index contributed by atoms with van der Waals surface area (Å²) < 4.78 is 6.94. The minimum atomic E-state index is -0.442. The third-order valence-electron chi connectivity index (χ3n) is 3.72. The Kier molecular flexibility index (Phi) is 5.28. The third-order valence-corrected chi connectivity index (χ3v) is 4.84. The van der Waals surface area contributed by atoms with E-state index in [1.54, 1.807) is 23.7 Å². The molecular formula is C15H17N7O3S. The number of likely N-dealkylation sites (N-methyl/N-ethyl adjacent to an activating group) is 1. The van der Waals surface area contributed by atoms with Gasteiger partial charge in [-0.1, -0.05) is 5.16 Å². The van der Waals surface area contributed by atoms with Crippen molar-refractivity contribution in [3.8, 4) is 11.5 Å². The van der Waals surface area contributed by atoms with Gasteiger partial charge in [-0.2, -0.15) is 4.98 Å². The van der Waals surface area contributed by atoms with Crippen molar-refractivity contribution in [1.29, 1.82) is 0 Å². The second kappa shape index (κ2) is 7.62. The molecule has 1 aromatic carbocycles. The van der Waals surface area contributed by atoms with E-state index in [-0.39, 0.29) is 17.6 Å². The zero-order valence-corrected chi connectivity index (χ0v) is 15.2. The van der Waals surface area contributed by atoms with Gasteiger partial charge in [0.05, 0.1) is 9.82 Å². The average Bonchev–Trinajstić information content (AvgIpc) is 3.24. The van der Waals surface area contributed by atoms with Crippen LogP contribution >= 0.6 is 11.8 Å². The second-order valence-electron chi connectivity index (χ2n) is 5.68. The lowest BCUT2D eigenvalue weighted by atomic mass is 10.2. The molecule has 0 aliphatic heterocycles. The van der Waals surface area contributed by atoms with Crippen LogP contribution in [0.3, 0.4) is 0 Å². The summed E-state index contributed by atoms with van der Waals surface area (Å²) in [7, 11) is 3.62. The van der Waals surface area contributed by atoms with E-state index in [2.05, 4.69) is 25.7 Å². The number of rotatable bonds is 7. The number of hydrogen-bond donors (Lipinski definition) is 1. The molecule has 1 atom stereocenters. The van der Waals surface area contributed by atoms with E-state index in [4.69, 9.17) is 4.52 Å². The minimum Gasteiger partial charge on any atom is -0.334 e. The van der Waals surface area contributed by atoms with Crippen molar-refractivity contribution >= 4 is 17.4 Å². The molecule has 3 aromatic rings. The first-order valence-electron chi connectivity index (χ1n) is 7.78. The molecule has 1 N–H and O–H groups in total. The van der Waals surface area contributed by atoms with Gasteiger partial charge in [0.2, 0.25) is 0 Å². The summed E-state index contributed by atoms with van der Waals surface area (Å²) in [6, 6.07) is 4.98. The van der Waals surface area contributed by atoms with Crippen molar-refractivity contribution in [2.75, 3.05) is 7.05 Å². The van der Waals surface area contributed by atoms with Crippen LogP contribution in [0.4, 0.5) is 5.69 Å². The van der Waals surface area contributed by atoms with Crippen LogP contribution in [0.15, 0.2) is 39.1 Å². The zero-order chi connectivity index (χ0) is 18.7. The van der Waals surface area contributed by atoms with Crippen LogP contribution in [0, 0.1) is 10.1 Å². The average molecular weight is 375 g/mol. The van der Waals surface area contributed by atoms with Gasteiger partial charge >= 0.3 is 0 Å². The van der Waals surface area contributed by atoms with Crippen LogP contribution in [-0.4, -0.2) is 42.9 Å². The maximum Gasteiger partial charge on any atom is 0.284 e. The number of hydrogen-bond acceptors (Lipinski definition) is 9. The summed E-state index contributed by atoms with van der Waals surface area (Å²) in [5, 5.41) is 26.8. The molecule has 26 heavy (non-hydrogen) atoms. The van der Waals surface area contributed by atoms with Crippen LogP contribution in [-0.2, 0) is 13.5 Å². The van der Waals surface area contributed by atoms with Gasteiger partial charge < -0.3 is 14.4 Å². The highest BCUT2D eigenvalue weighted by atomic mass is 32.2. The van der Waals surface area contributed by atoms with Gasteiger partial charge in [0, 0.05) is 31.1 Å². The monoisotopic (exact) mass is 375 g/mol. The van der Waals surface area contributed by atoms with Crippen LogP contribution in [0.2, 0.25) is 0 Å². The van der Waals surface area contributed by atoms with E-state index in [9.17, 15) is 10.1 Å². The first-order valence-corrected chi connectivity index (χ1v) is 8.60. The maximum absolute atomic E-state index is 11.5. The molecule has 0 aliphatic carbocycles. The Morgan fingerprint density at radius 2 is 2.27 bits per heavy atom. The van der Waals surface area contributed by atoms with Gasteiger partial charge in [0.15, 0.2) is 11.0 Å². The number of benzene rings is 1. The lowest BCUT2D eigenvalue weighted by Gasteiger charge is -2.05. The summed E-state index contributed by atoms with van der Waals surface area (Å²) in [6.45, 7) is 2.00. The largest absolute Gasteiger partial charge is 0.334 e. The molecule has 0 bridgehead atoms. The van der Waals surface area contributed by atoms with Gasteiger partial charge in [-0.05, 0) is 37.9 Å². The molecule has 136 valence electrons. The van der Waals surface area contributed by atoms with Crippen LogP contribution in [0.5, 0.6) is 0 Å². The highest BCUT2D eigenvalue weighted by Gasteiger charge is 2.20. The van der Waals surface area contributed by atoms with E-state index in [1.165, 1.54) is 24.2 Å². The molecule has 0 saturated carbocycles. The standard InChI is InChI=1S/C15H17N7O3S/c1-9(16-2)6-13-18-14(25-20-13)10-4-5-12(11(7-10)22(23)24)26-15-19-17-8-21(15)3/h4-5,7-9,16H,6H2,1-3H3. The van der Waals surface area contributed by atoms with Crippen LogP contribution in [0.1, 0.15) is 12.7 Å². The van der Waals surface area contributed by atoms with E-state index >= 15 is 0 Å². The fraction of sp³-hybridized carbons (Fsp3) is 0.333. The van der Waals surface area contributed by atoms with Gasteiger partial charge in [0.1, 0.15) is 6.33 Å². The van der Waals surface area contributed by atoms with E-state index in [0.717, 1.165) is 0 Å². The van der Waals surface area contributed by atoms with Gasteiger partial charge in [-0.25, -0.2) is 0 Å². The molecule has 2 heterocycles. The predicted molar refractivity (Wildman–Crippen MR) is 93.7 cm³/mol. The van der Waals surface area contributed by atoms with E-state index in [0.29, 0.717) is 27.9 Å². The molecule has 3 rings (SSSR count). The van der Waals surface area contributed by atoms with Crippen molar-refractivity contribution in [2.45, 2.75) is 29.4 Å². The molecule has 0 fully saturated rings. The van der Waals surface area contributed by atoms with E-state index < -0.39 is 4.92 Å². The molecule has 0 aliphatic rings. The Morgan fingerprint density at radius 1 is 1.46 bits per heavy atom. The molecule has 2 aromatic heterocycles. The number of aryl methyl sites for hydroxylation is 1. The first-order chi connectivity index (χ1) is 12.5. The van der Waals surface area contributed by atoms with Crippen molar-refractivity contribution < 1.29 is 9.45 Å². The quantitative estimate of drug-likeness (QED) is 0.488. The Morgan fingerprint density at radius 3 is 2.92 bits per heavy atom. The lowest BCUT2D eigenvalue weighted by Crippen LogP contribution is -2.24. The highest BCUT2D eigenvalue weighted by Crippen LogP contribution is 2.36. The van der Waals surface area contributed by atoms with Crippen molar-refractivity contribution in [1.82, 2.24) is 30.2 Å². The molecule has 0 radical (unpaired) electrons. The second-order valence-corrected chi connectivity index (χ2v) is 6.68. The van der Waals surface area contributed by atoms with E-state index in [1.807, 2.05) is 14.0 Å². The number of nitrogens with one attached hydrogen (secondary N) is 1. The third kappa shape index (κ3) is 3.89. The fourth-order valence-electron chi connectivity index (χ4n) is 2.17. The number of aromatic nitrogens is 5. The summed E-state index contributed by atoms with van der Waals surface area (Å²) in [5.74, 6) is 0.795. The topological polar surface area (TPSA) is 125 Å². The van der Waals surface area contributed by atoms with Crippen molar-refractivity contribution in [3.63, 3.8) is 0 Å². The lowest BCUT2D eigenvalue weighted by molar-refractivity contribution is -0.387. The minimum absolute atomic E-state index is 0.0566. The van der Waals surface area contributed by atoms with Gasteiger partial charge in [0.25, 0.3) is 11.6 Å². The zero-order valence-electron chi connectivity index (χ0n) is 14.4. The summed E-state index contributed by atoms with van der Waals surface area (Å²) in [5.41, 5.74) is 0.439. The molecular weight excluding hydrogens is 358 g/mol. The summed E-state index contributed by atoms with van der Waals surface area (Å²) in [6.07, 6.45) is 2.14. The Labute approximate surface area is 153 Å². The Hall–Kier alpha value is -2.79. The number of nitro groups is 1. The first kappa shape index (κ1) is 18.0. The molecule has 0 amide bonds. The smallest absolute Gasteiger partial charge is 0.284 e. The number of nitro benzene ring substituents is 1. The molecule has 0 saturated heterocycles. The Balaban J connectivity index is 1.89.